The summed E-state index contributed by atoms with van der Waals surface area (Å²) in [5, 5.41) is 3.66. The van der Waals surface area contributed by atoms with Crippen molar-refractivity contribution in [3.05, 3.63) is 35.9 Å². The first-order valence-electron chi connectivity index (χ1n) is 8.05. The van der Waals surface area contributed by atoms with Gasteiger partial charge in [-0.3, -0.25) is 0 Å². The fourth-order valence-corrected chi connectivity index (χ4v) is 3.42. The molecule has 1 aromatic rings. The van der Waals surface area contributed by atoms with Crippen molar-refractivity contribution >= 4 is 6.03 Å². The Morgan fingerprint density at radius 2 is 2.00 bits per heavy atom. The van der Waals surface area contributed by atoms with Gasteiger partial charge in [-0.1, -0.05) is 36.8 Å². The molecule has 0 bridgehead atoms. The number of nitrogens with one attached hydrogen (secondary N) is 1. The van der Waals surface area contributed by atoms with Gasteiger partial charge in [0.1, 0.15) is 0 Å². The van der Waals surface area contributed by atoms with Gasteiger partial charge in [-0.25, -0.2) is 4.79 Å². The van der Waals surface area contributed by atoms with Crippen molar-refractivity contribution in [1.29, 1.82) is 0 Å². The summed E-state index contributed by atoms with van der Waals surface area (Å²) in [6.45, 7) is 2.56. The monoisotopic (exact) mass is 287 g/mol. The highest BCUT2D eigenvalue weighted by Gasteiger charge is 2.30. The number of hydrogen-bond acceptors (Lipinski definition) is 2. The maximum atomic E-state index is 11.6. The predicted octanol–water partition coefficient (Wildman–Crippen LogP) is 2.31. The first kappa shape index (κ1) is 14.4. The lowest BCUT2D eigenvalue weighted by molar-refractivity contribution is 0.166. The van der Waals surface area contributed by atoms with Gasteiger partial charge >= 0.3 is 6.03 Å². The van der Waals surface area contributed by atoms with Gasteiger partial charge in [-0.05, 0) is 37.3 Å². The van der Waals surface area contributed by atoms with Crippen molar-refractivity contribution in [2.45, 2.75) is 37.6 Å². The molecule has 0 spiro atoms. The van der Waals surface area contributed by atoms with Crippen molar-refractivity contribution in [3.8, 4) is 0 Å². The molecule has 4 nitrogen and oxygen atoms in total. The topological polar surface area (TPSA) is 58.4 Å². The number of urea groups is 1. The van der Waals surface area contributed by atoms with Gasteiger partial charge in [0.25, 0.3) is 0 Å². The minimum atomic E-state index is -0.300. The van der Waals surface area contributed by atoms with Crippen LogP contribution in [-0.2, 0) is 0 Å². The summed E-state index contributed by atoms with van der Waals surface area (Å²) in [6.07, 6.45) is 5.15. The number of carbonyl (C=O) groups excluding carboxylic acids is 1. The number of amides is 2. The van der Waals surface area contributed by atoms with E-state index in [1.165, 1.54) is 24.8 Å². The molecule has 2 unspecified atom stereocenters. The second kappa shape index (κ2) is 6.48. The van der Waals surface area contributed by atoms with Crippen LogP contribution in [0, 0.1) is 5.92 Å². The molecule has 3 rings (SSSR count). The summed E-state index contributed by atoms with van der Waals surface area (Å²) < 4.78 is 0. The zero-order valence-corrected chi connectivity index (χ0v) is 12.5. The standard InChI is InChI=1S/C17H25N3O/c18-17(21)20-11-15(14-7-2-1-3-8-14)9-16(12-20)19-10-13-5-4-6-13/h1-3,7-8,13,15-16,19H,4-6,9-12H2,(H2,18,21). The number of nitrogens with zero attached hydrogens (tertiary/aromatic N) is 1. The average Bonchev–Trinajstić information content (AvgIpc) is 2.46. The lowest BCUT2D eigenvalue weighted by atomic mass is 9.84. The highest BCUT2D eigenvalue weighted by molar-refractivity contribution is 5.72. The lowest BCUT2D eigenvalue weighted by Crippen LogP contribution is -2.53. The zero-order valence-electron chi connectivity index (χ0n) is 12.5. The largest absolute Gasteiger partial charge is 0.351 e. The van der Waals surface area contributed by atoms with E-state index in [1.54, 1.807) is 4.90 Å². The fourth-order valence-electron chi connectivity index (χ4n) is 3.42. The number of rotatable bonds is 4. The summed E-state index contributed by atoms with van der Waals surface area (Å²) in [7, 11) is 0. The number of piperidine rings is 1. The molecule has 3 N–H and O–H groups in total. The van der Waals surface area contributed by atoms with E-state index in [0.717, 1.165) is 32.0 Å². The normalized spacial score (nSPS) is 26.4. The van der Waals surface area contributed by atoms with E-state index < -0.39 is 0 Å². The highest BCUT2D eigenvalue weighted by atomic mass is 16.2. The number of benzene rings is 1. The van der Waals surface area contributed by atoms with Crippen LogP contribution in [0.1, 0.15) is 37.2 Å². The van der Waals surface area contributed by atoms with Crippen LogP contribution in [0.25, 0.3) is 0 Å². The van der Waals surface area contributed by atoms with Crippen molar-refractivity contribution < 1.29 is 4.79 Å². The van der Waals surface area contributed by atoms with Gasteiger partial charge in [-0.2, -0.15) is 0 Å². The first-order chi connectivity index (χ1) is 10.2. The van der Waals surface area contributed by atoms with Gasteiger partial charge in [0.15, 0.2) is 0 Å². The summed E-state index contributed by atoms with van der Waals surface area (Å²) in [6, 6.07) is 10.5. The summed E-state index contributed by atoms with van der Waals surface area (Å²) in [4.78, 5) is 13.4. The summed E-state index contributed by atoms with van der Waals surface area (Å²) in [5.41, 5.74) is 6.83. The Balaban J connectivity index is 1.64. The SMILES string of the molecule is NC(=O)N1CC(NCC2CCC2)CC(c2ccccc2)C1. The molecular weight excluding hydrogens is 262 g/mol. The van der Waals surface area contributed by atoms with Crippen molar-refractivity contribution in [2.24, 2.45) is 11.7 Å². The number of carbonyl (C=O) groups is 1. The van der Waals surface area contributed by atoms with Crippen LogP contribution in [0.5, 0.6) is 0 Å². The molecule has 1 saturated carbocycles. The van der Waals surface area contributed by atoms with Crippen LogP contribution in [0.2, 0.25) is 0 Å². The molecule has 2 atom stereocenters. The Morgan fingerprint density at radius 1 is 1.24 bits per heavy atom. The Bertz CT molecular complexity index is 472. The molecule has 0 aromatic heterocycles. The van der Waals surface area contributed by atoms with Crippen LogP contribution >= 0.6 is 0 Å². The third-order valence-electron chi connectivity index (χ3n) is 4.95. The third kappa shape index (κ3) is 3.56. The van der Waals surface area contributed by atoms with Crippen LogP contribution in [-0.4, -0.2) is 36.6 Å². The van der Waals surface area contributed by atoms with Gasteiger partial charge in [-0.15, -0.1) is 0 Å². The lowest BCUT2D eigenvalue weighted by Gasteiger charge is -2.39. The molecule has 1 aromatic carbocycles. The van der Waals surface area contributed by atoms with E-state index in [1.807, 2.05) is 6.07 Å². The maximum Gasteiger partial charge on any atom is 0.314 e. The first-order valence-corrected chi connectivity index (χ1v) is 8.05. The van der Waals surface area contributed by atoms with Crippen LogP contribution in [0.4, 0.5) is 4.79 Å². The van der Waals surface area contributed by atoms with Gasteiger partial charge in [0.05, 0.1) is 0 Å². The number of primary amides is 1. The second-order valence-corrected chi connectivity index (χ2v) is 6.49. The van der Waals surface area contributed by atoms with Crippen molar-refractivity contribution in [1.82, 2.24) is 10.2 Å². The molecular formula is C17H25N3O. The minimum absolute atomic E-state index is 0.300. The van der Waals surface area contributed by atoms with Crippen LogP contribution in [0.15, 0.2) is 30.3 Å². The molecule has 2 amide bonds. The fraction of sp³-hybridized carbons (Fsp3) is 0.588. The van der Waals surface area contributed by atoms with Crippen molar-refractivity contribution in [3.63, 3.8) is 0 Å². The van der Waals surface area contributed by atoms with E-state index in [4.69, 9.17) is 5.73 Å². The minimum Gasteiger partial charge on any atom is -0.351 e. The summed E-state index contributed by atoms with van der Waals surface area (Å²) in [5.74, 6) is 1.22. The number of nitrogens with two attached hydrogens (primary N) is 1. The Morgan fingerprint density at radius 3 is 2.62 bits per heavy atom. The maximum absolute atomic E-state index is 11.6. The number of hydrogen-bond donors (Lipinski definition) is 2. The third-order valence-corrected chi connectivity index (χ3v) is 4.95. The smallest absolute Gasteiger partial charge is 0.314 e. The molecule has 4 heteroatoms. The van der Waals surface area contributed by atoms with Gasteiger partial charge in [0.2, 0.25) is 0 Å². The zero-order chi connectivity index (χ0) is 14.7. The highest BCUT2D eigenvalue weighted by Crippen LogP contribution is 2.29. The molecule has 0 radical (unpaired) electrons. The van der Waals surface area contributed by atoms with E-state index in [9.17, 15) is 4.79 Å². The average molecular weight is 287 g/mol. The molecule has 1 saturated heterocycles. The molecule has 21 heavy (non-hydrogen) atoms. The molecule has 1 aliphatic heterocycles. The molecule has 1 aliphatic carbocycles. The molecule has 2 fully saturated rings. The van der Waals surface area contributed by atoms with Gasteiger partial charge in [0, 0.05) is 25.0 Å². The van der Waals surface area contributed by atoms with Gasteiger partial charge < -0.3 is 16.0 Å². The Kier molecular flexibility index (Phi) is 4.44. The van der Waals surface area contributed by atoms with E-state index in [0.29, 0.717) is 12.0 Å². The van der Waals surface area contributed by atoms with Crippen LogP contribution < -0.4 is 11.1 Å². The molecule has 114 valence electrons. The van der Waals surface area contributed by atoms with E-state index >= 15 is 0 Å². The molecule has 2 aliphatic rings. The molecule has 1 heterocycles. The Hall–Kier alpha value is -1.55. The van der Waals surface area contributed by atoms with E-state index in [-0.39, 0.29) is 6.03 Å². The summed E-state index contributed by atoms with van der Waals surface area (Å²) >= 11 is 0. The second-order valence-electron chi connectivity index (χ2n) is 6.49. The quantitative estimate of drug-likeness (QED) is 0.893. The number of likely N-dealkylation sites (tertiary alicyclic amines) is 1. The Labute approximate surface area is 126 Å². The van der Waals surface area contributed by atoms with E-state index in [2.05, 4.69) is 29.6 Å². The van der Waals surface area contributed by atoms with Crippen molar-refractivity contribution in [2.75, 3.05) is 19.6 Å². The van der Waals surface area contributed by atoms with Crippen LogP contribution in [0.3, 0.4) is 0 Å². The predicted molar refractivity (Wildman–Crippen MR) is 84.1 cm³/mol.